The molecule has 0 saturated carbocycles. The Hall–Kier alpha value is -8.73. The highest BCUT2D eigenvalue weighted by molar-refractivity contribution is 6.12. The average Bonchev–Trinajstić information content (AvgIpc) is 3.88. The third-order valence-corrected chi connectivity index (χ3v) is 14.7. The summed E-state index contributed by atoms with van der Waals surface area (Å²) in [5.41, 5.74) is 20.3. The second-order valence-electron chi connectivity index (χ2n) is 19.1. The lowest BCUT2D eigenvalue weighted by Crippen LogP contribution is -2.15. The lowest BCUT2D eigenvalue weighted by atomic mass is 9.73. The number of allylic oxidation sites excluding steroid dienone is 4. The van der Waals surface area contributed by atoms with Crippen LogP contribution in [0, 0.1) is 0 Å². The highest BCUT2D eigenvalue weighted by atomic mass is 15.0. The summed E-state index contributed by atoms with van der Waals surface area (Å²) in [6.07, 6.45) is 3.27. The first kappa shape index (κ1) is 41.5. The number of hydrogen-bond donors (Lipinski definition) is 0. The van der Waals surface area contributed by atoms with Gasteiger partial charge >= 0.3 is 0 Å². The van der Waals surface area contributed by atoms with E-state index >= 15 is 0 Å². The molecule has 2 heterocycles. The minimum absolute atomic E-state index is 0.0492. The molecule has 0 saturated heterocycles. The summed E-state index contributed by atoms with van der Waals surface area (Å²) in [7, 11) is 0. The fourth-order valence-electron chi connectivity index (χ4n) is 11.3. The van der Waals surface area contributed by atoms with Crippen molar-refractivity contribution < 1.29 is 0 Å². The predicted octanol–water partition coefficient (Wildman–Crippen LogP) is 16.5. The second-order valence-corrected chi connectivity index (χ2v) is 19.1. The molecule has 0 spiro atoms. The lowest BCUT2D eigenvalue weighted by Gasteiger charge is -2.30. The van der Waals surface area contributed by atoms with Crippen LogP contribution in [0.2, 0.25) is 0 Å². The van der Waals surface area contributed by atoms with E-state index in [0.29, 0.717) is 17.5 Å². The fraction of sp³-hybridized carbons (Fsp3) is 0.0758. The van der Waals surface area contributed by atoms with Crippen molar-refractivity contribution in [1.82, 2.24) is 19.5 Å². The molecule has 70 heavy (non-hydrogen) atoms. The Morgan fingerprint density at radius 1 is 0.414 bits per heavy atom. The first-order valence-corrected chi connectivity index (χ1v) is 24.3. The number of para-hydroxylation sites is 1. The molecule has 9 aromatic carbocycles. The van der Waals surface area contributed by atoms with Crippen LogP contribution in [0.25, 0.3) is 89.5 Å². The van der Waals surface area contributed by atoms with Gasteiger partial charge in [0.1, 0.15) is 0 Å². The van der Waals surface area contributed by atoms with E-state index in [0.717, 1.165) is 34.4 Å². The van der Waals surface area contributed by atoms with Crippen LogP contribution >= 0.6 is 0 Å². The summed E-state index contributed by atoms with van der Waals surface area (Å²) in [6, 6.07) is 83.1. The number of rotatable bonds is 8. The quantitative estimate of drug-likeness (QED) is 0.153. The molecule has 4 nitrogen and oxygen atoms in total. The normalized spacial score (nSPS) is 14.9. The molecule has 0 N–H and O–H groups in total. The van der Waals surface area contributed by atoms with Crippen LogP contribution in [0.1, 0.15) is 59.6 Å². The summed E-state index contributed by atoms with van der Waals surface area (Å²) in [4.78, 5) is 15.3. The molecule has 0 aliphatic heterocycles. The molecule has 4 heteroatoms. The van der Waals surface area contributed by atoms with Gasteiger partial charge in [-0.05, 0) is 104 Å². The summed E-state index contributed by atoms with van der Waals surface area (Å²) in [5, 5.41) is 2.54. The van der Waals surface area contributed by atoms with Crippen LogP contribution in [0.4, 0.5) is 0 Å². The molecular formula is C66H48N4. The van der Waals surface area contributed by atoms with Crippen molar-refractivity contribution in [2.75, 3.05) is 0 Å². The Balaban J connectivity index is 0.984. The largest absolute Gasteiger partial charge is 0.309 e. The first-order valence-electron chi connectivity index (χ1n) is 24.3. The summed E-state index contributed by atoms with van der Waals surface area (Å²) >= 11 is 0. The van der Waals surface area contributed by atoms with Gasteiger partial charge in [-0.1, -0.05) is 214 Å². The van der Waals surface area contributed by atoms with E-state index in [2.05, 4.69) is 219 Å². The van der Waals surface area contributed by atoms with Gasteiger partial charge < -0.3 is 4.57 Å². The van der Waals surface area contributed by atoms with Gasteiger partial charge in [-0.15, -0.1) is 0 Å². The summed E-state index contributed by atoms with van der Waals surface area (Å²) in [5.74, 6) is 1.98. The topological polar surface area (TPSA) is 43.6 Å². The van der Waals surface area contributed by atoms with Crippen molar-refractivity contribution in [2.45, 2.75) is 31.6 Å². The molecule has 1 unspecified atom stereocenters. The zero-order valence-electron chi connectivity index (χ0n) is 39.1. The molecule has 2 aliphatic carbocycles. The Kier molecular flexibility index (Phi) is 9.95. The maximum Gasteiger partial charge on any atom is 0.164 e. The average molecular weight is 897 g/mol. The van der Waals surface area contributed by atoms with Crippen LogP contribution < -0.4 is 0 Å². The van der Waals surface area contributed by atoms with Gasteiger partial charge in [-0.25, -0.2) is 15.0 Å². The molecule has 13 rings (SSSR count). The number of fused-ring (bicyclic) bond motifs is 6. The van der Waals surface area contributed by atoms with Crippen LogP contribution in [0.15, 0.2) is 237 Å². The highest BCUT2D eigenvalue weighted by Crippen LogP contribution is 2.52. The van der Waals surface area contributed by atoms with Gasteiger partial charge in [-0.2, -0.15) is 0 Å². The molecule has 332 valence electrons. The Bertz CT molecular complexity index is 3810. The van der Waals surface area contributed by atoms with E-state index in [4.69, 9.17) is 15.0 Å². The van der Waals surface area contributed by atoms with Gasteiger partial charge in [0.05, 0.1) is 11.0 Å². The highest BCUT2D eigenvalue weighted by Gasteiger charge is 2.36. The van der Waals surface area contributed by atoms with Gasteiger partial charge in [-0.3, -0.25) is 0 Å². The first-order chi connectivity index (χ1) is 34.5. The van der Waals surface area contributed by atoms with E-state index in [1.165, 1.54) is 77.5 Å². The van der Waals surface area contributed by atoms with E-state index < -0.39 is 0 Å². The van der Waals surface area contributed by atoms with E-state index in [1.807, 2.05) is 36.4 Å². The Labute approximate surface area is 408 Å². The zero-order valence-corrected chi connectivity index (χ0v) is 39.1. The number of hydrogen-bond acceptors (Lipinski definition) is 3. The third-order valence-electron chi connectivity index (χ3n) is 14.7. The number of benzene rings is 9. The molecule has 0 radical (unpaired) electrons. The minimum Gasteiger partial charge on any atom is -0.309 e. The molecule has 2 aromatic heterocycles. The van der Waals surface area contributed by atoms with Gasteiger partial charge in [0.15, 0.2) is 17.5 Å². The van der Waals surface area contributed by atoms with Crippen molar-refractivity contribution in [3.63, 3.8) is 0 Å². The predicted molar refractivity (Wildman–Crippen MR) is 290 cm³/mol. The van der Waals surface area contributed by atoms with Crippen molar-refractivity contribution in [2.24, 2.45) is 0 Å². The smallest absolute Gasteiger partial charge is 0.164 e. The van der Waals surface area contributed by atoms with Gasteiger partial charge in [0, 0.05) is 44.5 Å². The van der Waals surface area contributed by atoms with Crippen molar-refractivity contribution >= 4 is 38.5 Å². The third kappa shape index (κ3) is 7.02. The minimum atomic E-state index is -0.110. The van der Waals surface area contributed by atoms with Crippen molar-refractivity contribution in [1.29, 1.82) is 0 Å². The second kappa shape index (κ2) is 16.8. The fourth-order valence-corrected chi connectivity index (χ4v) is 11.3. The number of nitrogens with zero attached hydrogens (tertiary/aromatic N) is 4. The molecule has 1 atom stereocenters. The summed E-state index contributed by atoms with van der Waals surface area (Å²) in [6.45, 7) is 4.74. The van der Waals surface area contributed by atoms with Crippen LogP contribution in [0.5, 0.6) is 0 Å². The van der Waals surface area contributed by atoms with Crippen molar-refractivity contribution in [3.05, 3.63) is 270 Å². The Morgan fingerprint density at radius 3 is 1.69 bits per heavy atom. The Morgan fingerprint density at radius 2 is 0.971 bits per heavy atom. The van der Waals surface area contributed by atoms with E-state index in [1.54, 1.807) is 0 Å². The molecular weight excluding hydrogens is 849 g/mol. The van der Waals surface area contributed by atoms with E-state index in [-0.39, 0.29) is 11.3 Å². The molecule has 2 aliphatic rings. The van der Waals surface area contributed by atoms with Crippen LogP contribution in [0.3, 0.4) is 0 Å². The summed E-state index contributed by atoms with van der Waals surface area (Å²) < 4.78 is 2.49. The maximum absolute atomic E-state index is 5.14. The van der Waals surface area contributed by atoms with Crippen LogP contribution in [-0.2, 0) is 5.41 Å². The lowest BCUT2D eigenvalue weighted by molar-refractivity contribution is 0.661. The van der Waals surface area contributed by atoms with Crippen LogP contribution in [-0.4, -0.2) is 19.5 Å². The van der Waals surface area contributed by atoms with Gasteiger partial charge in [0.25, 0.3) is 0 Å². The maximum atomic E-state index is 5.14. The monoisotopic (exact) mass is 896 g/mol. The van der Waals surface area contributed by atoms with Gasteiger partial charge in [0.2, 0.25) is 0 Å². The van der Waals surface area contributed by atoms with E-state index in [9.17, 15) is 0 Å². The zero-order chi connectivity index (χ0) is 46.8. The standard InChI is InChI=1S/C66H48N4/c1-66(2)58-35-17-15-33-52(58)56-41-57-53-34-16-18-36-60(53)70(61(57)42-59(56)66)51-32-20-29-47(38-51)50-39-54(43-21-7-3-8-22-43)62(55(40-50)44-23-9-4-10-24-44)48-30-19-31-49(37-48)65-68-63(45-25-11-5-12-26-45)67-64(69-65)46-27-13-6-14-28-46/h3-39,41-42,55H,40H2,1-2H3. The number of aromatic nitrogens is 4. The molecule has 11 aromatic rings. The SMILES string of the molecule is CC1(C)c2ccccc2-c2cc3c4ccccc4n(-c4cccc(C5=CC(c6ccccc6)=C(c6cccc(-c7nc(-c8ccccc8)nc(-c8ccccc8)n7)c6)C(c6ccccc6)C5)c4)c3cc21. The molecule has 0 fully saturated rings. The molecule has 0 bridgehead atoms. The van der Waals surface area contributed by atoms with Crippen molar-refractivity contribution in [3.8, 4) is 51.0 Å². The molecule has 0 amide bonds.